The molecule has 0 spiro atoms. The Morgan fingerprint density at radius 1 is 1.18 bits per heavy atom. The lowest BCUT2D eigenvalue weighted by molar-refractivity contribution is -0.118. The number of carbonyl (C=O) groups is 1. The first-order valence-corrected chi connectivity index (χ1v) is 10.6. The molecule has 0 saturated carbocycles. The summed E-state index contributed by atoms with van der Waals surface area (Å²) < 4.78 is 5.96. The Labute approximate surface area is 172 Å². The van der Waals surface area contributed by atoms with Crippen LogP contribution in [0.5, 0.6) is 5.75 Å². The van der Waals surface area contributed by atoms with Crippen LogP contribution in [0.15, 0.2) is 58.9 Å². The molecular formula is C20H22N4O2S2. The predicted octanol–water partition coefficient (Wildman–Crippen LogP) is 4.30. The molecule has 3 rings (SSSR count). The molecule has 2 N–H and O–H groups in total. The molecular weight excluding hydrogens is 392 g/mol. The number of anilines is 2. The minimum Gasteiger partial charge on any atom is -0.497 e. The van der Waals surface area contributed by atoms with Gasteiger partial charge < -0.3 is 15.4 Å². The third kappa shape index (κ3) is 5.97. The molecule has 146 valence electrons. The van der Waals surface area contributed by atoms with Gasteiger partial charge in [-0.1, -0.05) is 66.4 Å². The molecule has 2 aromatic carbocycles. The van der Waals surface area contributed by atoms with Crippen molar-refractivity contribution in [3.05, 3.63) is 60.2 Å². The Morgan fingerprint density at radius 2 is 2.00 bits per heavy atom. The topological polar surface area (TPSA) is 76.1 Å². The largest absolute Gasteiger partial charge is 0.497 e. The lowest BCUT2D eigenvalue weighted by atomic mass is 10.0. The van der Waals surface area contributed by atoms with Gasteiger partial charge in [0.05, 0.1) is 12.9 Å². The number of benzene rings is 2. The number of nitrogens with zero attached hydrogens (tertiary/aromatic N) is 2. The Morgan fingerprint density at radius 3 is 2.79 bits per heavy atom. The van der Waals surface area contributed by atoms with E-state index in [2.05, 4.69) is 39.9 Å². The maximum absolute atomic E-state index is 12.1. The molecule has 0 saturated heterocycles. The fourth-order valence-corrected chi connectivity index (χ4v) is 4.09. The van der Waals surface area contributed by atoms with Crippen LogP contribution in [0.2, 0.25) is 0 Å². The normalized spacial score (nSPS) is 11.6. The highest BCUT2D eigenvalue weighted by molar-refractivity contribution is 8.01. The summed E-state index contributed by atoms with van der Waals surface area (Å²) in [5.41, 5.74) is 2.09. The molecule has 8 heteroatoms. The zero-order chi connectivity index (χ0) is 19.8. The van der Waals surface area contributed by atoms with Crippen LogP contribution in [0.4, 0.5) is 10.8 Å². The van der Waals surface area contributed by atoms with Crippen LogP contribution in [0.25, 0.3) is 0 Å². The average Bonchev–Trinajstić information content (AvgIpc) is 3.18. The zero-order valence-electron chi connectivity index (χ0n) is 15.7. The summed E-state index contributed by atoms with van der Waals surface area (Å²) in [6.45, 7) is 2.71. The van der Waals surface area contributed by atoms with E-state index < -0.39 is 0 Å². The van der Waals surface area contributed by atoms with Crippen molar-refractivity contribution in [2.24, 2.45) is 0 Å². The maximum atomic E-state index is 12.1. The molecule has 1 aromatic heterocycles. The summed E-state index contributed by atoms with van der Waals surface area (Å²) in [4.78, 5) is 12.1. The van der Waals surface area contributed by atoms with Crippen LogP contribution < -0.4 is 15.4 Å². The highest BCUT2D eigenvalue weighted by Gasteiger charge is 2.11. The molecule has 0 fully saturated rings. The highest BCUT2D eigenvalue weighted by atomic mass is 32.2. The molecule has 6 nitrogen and oxygen atoms in total. The van der Waals surface area contributed by atoms with Crippen molar-refractivity contribution in [3.8, 4) is 5.75 Å². The van der Waals surface area contributed by atoms with Crippen molar-refractivity contribution in [2.75, 3.05) is 24.7 Å². The van der Waals surface area contributed by atoms with E-state index in [4.69, 9.17) is 4.74 Å². The van der Waals surface area contributed by atoms with Gasteiger partial charge in [-0.3, -0.25) is 4.79 Å². The van der Waals surface area contributed by atoms with Gasteiger partial charge in [0, 0.05) is 18.3 Å². The van der Waals surface area contributed by atoms with Gasteiger partial charge in [0.1, 0.15) is 5.75 Å². The second-order valence-electron chi connectivity index (χ2n) is 6.13. The van der Waals surface area contributed by atoms with E-state index in [-0.39, 0.29) is 11.8 Å². The van der Waals surface area contributed by atoms with Crippen molar-refractivity contribution in [3.63, 3.8) is 0 Å². The summed E-state index contributed by atoms with van der Waals surface area (Å²) in [5, 5.41) is 15.1. The fraction of sp³-hybridized carbons (Fsp3) is 0.250. The van der Waals surface area contributed by atoms with E-state index in [1.807, 2.05) is 42.5 Å². The number of nitrogens with one attached hydrogen (secondary N) is 2. The quantitative estimate of drug-likeness (QED) is 0.509. The molecule has 0 bridgehead atoms. The SMILES string of the molecule is COc1cccc(Nc2nnc(SCC(=O)NC[C@@H](C)c3ccccc3)s2)c1. The number of hydrogen-bond acceptors (Lipinski definition) is 7. The molecule has 1 amide bonds. The van der Waals surface area contributed by atoms with E-state index in [9.17, 15) is 4.79 Å². The monoisotopic (exact) mass is 414 g/mol. The lowest BCUT2D eigenvalue weighted by Gasteiger charge is -2.12. The second-order valence-corrected chi connectivity index (χ2v) is 8.33. The first-order valence-electron chi connectivity index (χ1n) is 8.83. The summed E-state index contributed by atoms with van der Waals surface area (Å²) in [6, 6.07) is 17.8. The summed E-state index contributed by atoms with van der Waals surface area (Å²) in [5.74, 6) is 1.35. The van der Waals surface area contributed by atoms with Crippen molar-refractivity contribution in [1.29, 1.82) is 0 Å². The van der Waals surface area contributed by atoms with Crippen molar-refractivity contribution in [2.45, 2.75) is 17.2 Å². The zero-order valence-corrected chi connectivity index (χ0v) is 17.3. The van der Waals surface area contributed by atoms with Gasteiger partial charge in [0.2, 0.25) is 11.0 Å². The number of amides is 1. The standard InChI is InChI=1S/C20H22N4O2S2/c1-14(15-7-4-3-5-8-15)12-21-18(25)13-27-20-24-23-19(28-20)22-16-9-6-10-17(11-16)26-2/h3-11,14H,12-13H2,1-2H3,(H,21,25)(H,22,23)/t14-/m1/s1. The first-order chi connectivity index (χ1) is 13.6. The van der Waals surface area contributed by atoms with Gasteiger partial charge in [0.25, 0.3) is 0 Å². The third-order valence-corrected chi connectivity index (χ3v) is 6.00. The Bertz CT molecular complexity index is 902. The van der Waals surface area contributed by atoms with E-state index >= 15 is 0 Å². The third-order valence-electron chi connectivity index (χ3n) is 4.03. The Balaban J connectivity index is 1.44. The molecule has 3 aromatic rings. The summed E-state index contributed by atoms with van der Waals surface area (Å²) >= 11 is 2.80. The summed E-state index contributed by atoms with van der Waals surface area (Å²) in [7, 11) is 1.63. The van der Waals surface area contributed by atoms with Crippen LogP contribution in [0.3, 0.4) is 0 Å². The van der Waals surface area contributed by atoms with Crippen molar-refractivity contribution in [1.82, 2.24) is 15.5 Å². The van der Waals surface area contributed by atoms with Crippen LogP contribution in [-0.4, -0.2) is 35.5 Å². The molecule has 1 heterocycles. The Kier molecular flexibility index (Phi) is 7.27. The fourth-order valence-electron chi connectivity index (χ4n) is 2.49. The number of thioether (sulfide) groups is 1. The molecule has 0 unspecified atom stereocenters. The molecule has 0 aliphatic heterocycles. The van der Waals surface area contributed by atoms with Gasteiger partial charge in [-0.2, -0.15) is 0 Å². The van der Waals surface area contributed by atoms with E-state index in [1.54, 1.807) is 7.11 Å². The van der Waals surface area contributed by atoms with Gasteiger partial charge in [-0.15, -0.1) is 10.2 Å². The number of ether oxygens (including phenoxy) is 1. The van der Waals surface area contributed by atoms with Gasteiger partial charge in [0.15, 0.2) is 4.34 Å². The minimum atomic E-state index is -0.00899. The van der Waals surface area contributed by atoms with Crippen LogP contribution >= 0.6 is 23.1 Å². The first kappa shape index (κ1) is 20.2. The number of rotatable bonds is 9. The number of hydrogen-bond donors (Lipinski definition) is 2. The van der Waals surface area contributed by atoms with E-state index in [0.29, 0.717) is 17.4 Å². The number of aromatic nitrogens is 2. The molecule has 0 aliphatic rings. The number of carbonyl (C=O) groups excluding carboxylic acids is 1. The number of methoxy groups -OCH3 is 1. The summed E-state index contributed by atoms with van der Waals surface area (Å²) in [6.07, 6.45) is 0. The van der Waals surface area contributed by atoms with Gasteiger partial charge >= 0.3 is 0 Å². The van der Waals surface area contributed by atoms with E-state index in [0.717, 1.165) is 15.8 Å². The van der Waals surface area contributed by atoms with Crippen molar-refractivity contribution >= 4 is 39.8 Å². The second kappa shape index (κ2) is 10.1. The molecule has 0 radical (unpaired) electrons. The predicted molar refractivity (Wildman–Crippen MR) is 115 cm³/mol. The molecule has 0 aliphatic carbocycles. The van der Waals surface area contributed by atoms with Gasteiger partial charge in [-0.05, 0) is 23.6 Å². The van der Waals surface area contributed by atoms with Crippen LogP contribution in [-0.2, 0) is 4.79 Å². The average molecular weight is 415 g/mol. The minimum absolute atomic E-state index is 0.00899. The Hall–Kier alpha value is -2.58. The molecule has 1 atom stereocenters. The molecule has 28 heavy (non-hydrogen) atoms. The van der Waals surface area contributed by atoms with E-state index in [1.165, 1.54) is 28.7 Å². The maximum Gasteiger partial charge on any atom is 0.230 e. The highest BCUT2D eigenvalue weighted by Crippen LogP contribution is 2.28. The van der Waals surface area contributed by atoms with Gasteiger partial charge in [-0.25, -0.2) is 0 Å². The lowest BCUT2D eigenvalue weighted by Crippen LogP contribution is -2.28. The van der Waals surface area contributed by atoms with Crippen LogP contribution in [0.1, 0.15) is 18.4 Å². The smallest absolute Gasteiger partial charge is 0.230 e. The van der Waals surface area contributed by atoms with Crippen molar-refractivity contribution < 1.29 is 9.53 Å². The van der Waals surface area contributed by atoms with Crippen LogP contribution in [0, 0.1) is 0 Å².